The van der Waals surface area contributed by atoms with E-state index in [1.807, 2.05) is 0 Å². The zero-order valence-corrected chi connectivity index (χ0v) is 13.6. The molecule has 2 N–H and O–H groups in total. The number of carbonyl (C=O) groups excluding carboxylic acids is 1. The maximum Gasteiger partial charge on any atom is 0.225 e. The second-order valence-electron chi connectivity index (χ2n) is 5.61. The van der Waals surface area contributed by atoms with E-state index in [4.69, 9.17) is 21.4 Å². The van der Waals surface area contributed by atoms with Crippen molar-refractivity contribution in [1.82, 2.24) is 4.90 Å². The van der Waals surface area contributed by atoms with E-state index in [9.17, 15) is 4.79 Å². The minimum atomic E-state index is -0.0511. The number of rotatable bonds is 6. The number of hydrogen-bond acceptors (Lipinski definition) is 4. The van der Waals surface area contributed by atoms with Gasteiger partial charge in [-0.1, -0.05) is 11.6 Å². The van der Waals surface area contributed by atoms with Crippen LogP contribution in [0.3, 0.4) is 0 Å². The number of halogens is 1. The molecule has 1 fully saturated rings. The average molecular weight is 327 g/mol. The van der Waals surface area contributed by atoms with Crippen molar-refractivity contribution >= 4 is 23.2 Å². The van der Waals surface area contributed by atoms with Crippen LogP contribution in [0.25, 0.3) is 0 Å². The lowest BCUT2D eigenvalue weighted by Crippen LogP contribution is -2.36. The van der Waals surface area contributed by atoms with Crippen LogP contribution in [0.2, 0.25) is 5.02 Å². The third-order valence-electron chi connectivity index (χ3n) is 4.06. The number of nitrogens with one attached hydrogen (secondary N) is 1. The summed E-state index contributed by atoms with van der Waals surface area (Å²) in [6.45, 7) is 2.88. The number of anilines is 1. The number of ether oxygens (including phenoxy) is 1. The lowest BCUT2D eigenvalue weighted by atomic mass is 9.98. The van der Waals surface area contributed by atoms with Crippen LogP contribution in [-0.4, -0.2) is 49.3 Å². The van der Waals surface area contributed by atoms with Crippen molar-refractivity contribution in [2.75, 3.05) is 38.7 Å². The van der Waals surface area contributed by atoms with Crippen LogP contribution in [0.15, 0.2) is 18.2 Å². The van der Waals surface area contributed by atoms with Crippen LogP contribution >= 0.6 is 11.6 Å². The molecule has 1 aromatic rings. The summed E-state index contributed by atoms with van der Waals surface area (Å²) in [6, 6.07) is 5.14. The Morgan fingerprint density at radius 1 is 1.45 bits per heavy atom. The van der Waals surface area contributed by atoms with E-state index in [1.165, 1.54) is 0 Å². The highest BCUT2D eigenvalue weighted by Crippen LogP contribution is 2.27. The Labute approximate surface area is 136 Å². The Morgan fingerprint density at radius 2 is 2.18 bits per heavy atom. The fourth-order valence-corrected chi connectivity index (χ4v) is 2.81. The zero-order chi connectivity index (χ0) is 15.9. The zero-order valence-electron chi connectivity index (χ0n) is 12.8. The van der Waals surface area contributed by atoms with Crippen molar-refractivity contribution in [2.24, 2.45) is 5.92 Å². The van der Waals surface area contributed by atoms with Crippen molar-refractivity contribution in [1.29, 1.82) is 0 Å². The summed E-state index contributed by atoms with van der Waals surface area (Å²) in [5.41, 5.74) is 0.596. The maximum absolute atomic E-state index is 12.1. The molecule has 5 nitrogen and oxygen atoms in total. The summed E-state index contributed by atoms with van der Waals surface area (Å²) in [5.74, 6) is 0.965. The van der Waals surface area contributed by atoms with Crippen LogP contribution in [-0.2, 0) is 4.79 Å². The number of methoxy groups -OCH3 is 1. The summed E-state index contributed by atoms with van der Waals surface area (Å²) >= 11 is 5.95. The first-order chi connectivity index (χ1) is 10.6. The minimum absolute atomic E-state index is 0.0511. The third kappa shape index (κ3) is 4.87. The van der Waals surface area contributed by atoms with Gasteiger partial charge in [-0.3, -0.25) is 4.79 Å². The van der Waals surface area contributed by atoms with Gasteiger partial charge in [-0.05, 0) is 50.0 Å². The maximum atomic E-state index is 12.1. The van der Waals surface area contributed by atoms with Gasteiger partial charge in [0.1, 0.15) is 5.75 Å². The Kier molecular flexibility index (Phi) is 6.49. The summed E-state index contributed by atoms with van der Waals surface area (Å²) in [5, 5.41) is 12.5. The molecule has 0 saturated carbocycles. The van der Waals surface area contributed by atoms with Crippen molar-refractivity contribution in [3.05, 3.63) is 23.2 Å². The van der Waals surface area contributed by atoms with Gasteiger partial charge in [-0.15, -0.1) is 0 Å². The first-order valence-electron chi connectivity index (χ1n) is 7.59. The van der Waals surface area contributed by atoms with Crippen LogP contribution < -0.4 is 10.1 Å². The number of likely N-dealkylation sites (tertiary alicyclic amines) is 1. The van der Waals surface area contributed by atoms with Crippen LogP contribution in [0.4, 0.5) is 5.69 Å². The molecule has 122 valence electrons. The number of amides is 1. The molecule has 1 amide bonds. The van der Waals surface area contributed by atoms with Gasteiger partial charge >= 0.3 is 0 Å². The Balaban J connectivity index is 1.80. The first kappa shape index (κ1) is 17.1. The molecule has 1 aliphatic heterocycles. The van der Waals surface area contributed by atoms with E-state index < -0.39 is 0 Å². The molecule has 0 unspecified atom stereocenters. The highest BCUT2D eigenvalue weighted by Gasteiger charge is 2.19. The number of nitrogens with zero attached hydrogens (tertiary/aromatic N) is 1. The van der Waals surface area contributed by atoms with E-state index in [-0.39, 0.29) is 12.5 Å². The summed E-state index contributed by atoms with van der Waals surface area (Å²) in [7, 11) is 1.56. The standard InChI is InChI=1S/C16H23ClN2O3/c1-22-15-3-2-13(17)10-14(15)18-16(21)6-9-19-7-4-12(11-20)5-8-19/h2-3,10,12,20H,4-9,11H2,1H3,(H,18,21). The van der Waals surface area contributed by atoms with E-state index in [0.29, 0.717) is 28.8 Å². The van der Waals surface area contributed by atoms with Gasteiger partial charge in [0.25, 0.3) is 0 Å². The molecule has 0 radical (unpaired) electrons. The number of piperidine rings is 1. The predicted molar refractivity (Wildman–Crippen MR) is 87.5 cm³/mol. The largest absolute Gasteiger partial charge is 0.495 e. The highest BCUT2D eigenvalue weighted by molar-refractivity contribution is 6.31. The average Bonchev–Trinajstić information content (AvgIpc) is 2.53. The molecular weight excluding hydrogens is 304 g/mol. The summed E-state index contributed by atoms with van der Waals surface area (Å²) < 4.78 is 5.21. The number of carbonyl (C=O) groups is 1. The van der Waals surface area contributed by atoms with Crippen LogP contribution in [0.5, 0.6) is 5.75 Å². The van der Waals surface area contributed by atoms with Crippen LogP contribution in [0, 0.1) is 5.92 Å². The monoisotopic (exact) mass is 326 g/mol. The predicted octanol–water partition coefficient (Wildman–Crippen LogP) is 2.38. The van der Waals surface area contributed by atoms with Gasteiger partial charge in [0, 0.05) is 24.6 Å². The molecule has 0 aromatic heterocycles. The van der Waals surface area contributed by atoms with Crippen molar-refractivity contribution in [3.63, 3.8) is 0 Å². The summed E-state index contributed by atoms with van der Waals surface area (Å²) in [4.78, 5) is 14.3. The van der Waals surface area contributed by atoms with Crippen LogP contribution in [0.1, 0.15) is 19.3 Å². The second kappa shape index (κ2) is 8.36. The molecule has 0 atom stereocenters. The van der Waals surface area contributed by atoms with Gasteiger partial charge in [-0.2, -0.15) is 0 Å². The number of hydrogen-bond donors (Lipinski definition) is 2. The Hall–Kier alpha value is -1.30. The van der Waals surface area contributed by atoms with Crippen molar-refractivity contribution in [2.45, 2.75) is 19.3 Å². The molecule has 1 aliphatic rings. The van der Waals surface area contributed by atoms with Crippen molar-refractivity contribution < 1.29 is 14.6 Å². The number of benzene rings is 1. The van der Waals surface area contributed by atoms with E-state index in [2.05, 4.69) is 10.2 Å². The van der Waals surface area contributed by atoms with Crippen molar-refractivity contribution in [3.8, 4) is 5.75 Å². The van der Waals surface area contributed by atoms with E-state index in [0.717, 1.165) is 32.5 Å². The molecule has 1 saturated heterocycles. The quantitative estimate of drug-likeness (QED) is 0.842. The Bertz CT molecular complexity index is 502. The SMILES string of the molecule is COc1ccc(Cl)cc1NC(=O)CCN1CCC(CO)CC1. The van der Waals surface area contributed by atoms with Gasteiger partial charge < -0.3 is 20.1 Å². The second-order valence-corrected chi connectivity index (χ2v) is 6.05. The normalized spacial score (nSPS) is 16.5. The molecule has 1 heterocycles. The van der Waals surface area contributed by atoms with E-state index >= 15 is 0 Å². The molecule has 6 heteroatoms. The van der Waals surface area contributed by atoms with Gasteiger partial charge in [-0.25, -0.2) is 0 Å². The topological polar surface area (TPSA) is 61.8 Å². The highest BCUT2D eigenvalue weighted by atomic mass is 35.5. The smallest absolute Gasteiger partial charge is 0.225 e. The minimum Gasteiger partial charge on any atom is -0.495 e. The number of aliphatic hydroxyl groups excluding tert-OH is 1. The molecule has 1 aromatic carbocycles. The lowest BCUT2D eigenvalue weighted by Gasteiger charge is -2.30. The van der Waals surface area contributed by atoms with Gasteiger partial charge in [0.05, 0.1) is 12.8 Å². The number of aliphatic hydroxyl groups is 1. The molecule has 22 heavy (non-hydrogen) atoms. The third-order valence-corrected chi connectivity index (χ3v) is 4.29. The van der Waals surface area contributed by atoms with Gasteiger partial charge in [0.2, 0.25) is 5.91 Å². The Morgan fingerprint density at radius 3 is 2.82 bits per heavy atom. The molecular formula is C16H23ClN2O3. The lowest BCUT2D eigenvalue weighted by molar-refractivity contribution is -0.116. The summed E-state index contributed by atoms with van der Waals surface area (Å²) in [6.07, 6.45) is 2.43. The molecule has 2 rings (SSSR count). The fraction of sp³-hybridized carbons (Fsp3) is 0.562. The fourth-order valence-electron chi connectivity index (χ4n) is 2.64. The molecule has 0 aliphatic carbocycles. The molecule has 0 spiro atoms. The first-order valence-corrected chi connectivity index (χ1v) is 7.96. The van der Waals surface area contributed by atoms with Gasteiger partial charge in [0.15, 0.2) is 0 Å². The van der Waals surface area contributed by atoms with E-state index in [1.54, 1.807) is 25.3 Å². The molecule has 0 bridgehead atoms.